The van der Waals surface area contributed by atoms with E-state index in [0.717, 1.165) is 17.7 Å². The minimum absolute atomic E-state index is 0.275. The molecule has 78 valence electrons. The molecule has 1 aliphatic carbocycles. The van der Waals surface area contributed by atoms with Crippen LogP contribution in [-0.2, 0) is 0 Å². The van der Waals surface area contributed by atoms with Gasteiger partial charge in [0.25, 0.3) is 0 Å². The van der Waals surface area contributed by atoms with Crippen molar-refractivity contribution in [1.82, 2.24) is 20.5 Å². The third-order valence-corrected chi connectivity index (χ3v) is 3.47. The van der Waals surface area contributed by atoms with Crippen molar-refractivity contribution in [3.8, 4) is 0 Å². The van der Waals surface area contributed by atoms with Gasteiger partial charge in [0.1, 0.15) is 12.2 Å². The lowest BCUT2D eigenvalue weighted by Gasteiger charge is -2.42. The van der Waals surface area contributed by atoms with E-state index < -0.39 is 0 Å². The van der Waals surface area contributed by atoms with E-state index in [1.165, 1.54) is 6.42 Å². The molecule has 4 atom stereocenters. The van der Waals surface area contributed by atoms with Gasteiger partial charge in [-0.05, 0) is 25.2 Å². The van der Waals surface area contributed by atoms with Crippen LogP contribution in [0.4, 0.5) is 0 Å². The van der Waals surface area contributed by atoms with Gasteiger partial charge in [0.05, 0.1) is 6.04 Å². The van der Waals surface area contributed by atoms with Crippen LogP contribution < -0.4 is 5.32 Å². The summed E-state index contributed by atoms with van der Waals surface area (Å²) in [4.78, 5) is 4.14. The fourth-order valence-electron chi connectivity index (χ4n) is 2.07. The standard InChI is InChI=1S/C10H18N4/c1-6-4-9(7(6)2)13-8(3)10-11-5-12-14-10/h5-9,13H,4H2,1-3H3,(H,11,12,14). The highest BCUT2D eigenvalue weighted by molar-refractivity contribution is 4.95. The van der Waals surface area contributed by atoms with Gasteiger partial charge in [-0.15, -0.1) is 0 Å². The zero-order chi connectivity index (χ0) is 10.1. The minimum Gasteiger partial charge on any atom is -0.304 e. The smallest absolute Gasteiger partial charge is 0.141 e. The lowest BCUT2D eigenvalue weighted by atomic mass is 9.71. The van der Waals surface area contributed by atoms with Crippen molar-refractivity contribution in [1.29, 1.82) is 0 Å². The van der Waals surface area contributed by atoms with Crippen molar-refractivity contribution in [2.75, 3.05) is 0 Å². The van der Waals surface area contributed by atoms with E-state index in [1.54, 1.807) is 6.33 Å². The Morgan fingerprint density at radius 1 is 1.57 bits per heavy atom. The van der Waals surface area contributed by atoms with Crippen LogP contribution in [0.15, 0.2) is 6.33 Å². The Labute approximate surface area is 84.5 Å². The number of H-pyrrole nitrogens is 1. The van der Waals surface area contributed by atoms with E-state index in [4.69, 9.17) is 0 Å². The average molecular weight is 194 g/mol. The summed E-state index contributed by atoms with van der Waals surface area (Å²) >= 11 is 0. The Balaban J connectivity index is 1.87. The summed E-state index contributed by atoms with van der Waals surface area (Å²) in [6.45, 7) is 6.73. The van der Waals surface area contributed by atoms with Crippen LogP contribution in [0.2, 0.25) is 0 Å². The topological polar surface area (TPSA) is 53.6 Å². The van der Waals surface area contributed by atoms with Crippen molar-refractivity contribution in [3.05, 3.63) is 12.2 Å². The van der Waals surface area contributed by atoms with Gasteiger partial charge in [0, 0.05) is 6.04 Å². The van der Waals surface area contributed by atoms with E-state index in [-0.39, 0.29) is 6.04 Å². The first-order valence-electron chi connectivity index (χ1n) is 5.29. The van der Waals surface area contributed by atoms with Crippen LogP contribution in [0.5, 0.6) is 0 Å². The number of aromatic nitrogens is 3. The normalized spacial score (nSPS) is 33.8. The largest absolute Gasteiger partial charge is 0.304 e. The lowest BCUT2D eigenvalue weighted by Crippen LogP contribution is -2.48. The summed E-state index contributed by atoms with van der Waals surface area (Å²) in [7, 11) is 0. The van der Waals surface area contributed by atoms with E-state index in [2.05, 4.69) is 41.3 Å². The molecule has 1 aromatic heterocycles. The molecule has 1 heterocycles. The van der Waals surface area contributed by atoms with Crippen LogP contribution in [0, 0.1) is 11.8 Å². The average Bonchev–Trinajstić information content (AvgIpc) is 2.69. The molecule has 1 fully saturated rings. The van der Waals surface area contributed by atoms with Gasteiger partial charge in [0.2, 0.25) is 0 Å². The summed E-state index contributed by atoms with van der Waals surface area (Å²) in [5.41, 5.74) is 0. The molecule has 0 aliphatic heterocycles. The molecule has 14 heavy (non-hydrogen) atoms. The quantitative estimate of drug-likeness (QED) is 0.766. The molecular formula is C10H18N4. The van der Waals surface area contributed by atoms with Crippen LogP contribution in [0.3, 0.4) is 0 Å². The Hall–Kier alpha value is -0.900. The van der Waals surface area contributed by atoms with Gasteiger partial charge in [-0.1, -0.05) is 13.8 Å². The maximum absolute atomic E-state index is 4.14. The Morgan fingerprint density at radius 3 is 2.86 bits per heavy atom. The summed E-state index contributed by atoms with van der Waals surface area (Å²) in [5.74, 6) is 2.56. The van der Waals surface area contributed by atoms with Crippen molar-refractivity contribution >= 4 is 0 Å². The monoisotopic (exact) mass is 194 g/mol. The van der Waals surface area contributed by atoms with Crippen LogP contribution >= 0.6 is 0 Å². The molecule has 2 N–H and O–H groups in total. The maximum atomic E-state index is 4.14. The molecule has 0 saturated heterocycles. The highest BCUT2D eigenvalue weighted by Crippen LogP contribution is 2.34. The second-order valence-corrected chi connectivity index (χ2v) is 4.44. The highest BCUT2D eigenvalue weighted by Gasteiger charge is 2.35. The molecule has 4 nitrogen and oxygen atoms in total. The first kappa shape index (κ1) is 9.65. The third-order valence-electron chi connectivity index (χ3n) is 3.47. The van der Waals surface area contributed by atoms with E-state index in [1.807, 2.05) is 0 Å². The molecule has 2 rings (SSSR count). The third kappa shape index (κ3) is 1.66. The number of hydrogen-bond acceptors (Lipinski definition) is 3. The second-order valence-electron chi connectivity index (χ2n) is 4.44. The fraction of sp³-hybridized carbons (Fsp3) is 0.800. The zero-order valence-corrected chi connectivity index (χ0v) is 8.99. The minimum atomic E-state index is 0.275. The molecule has 4 unspecified atom stereocenters. The first-order valence-corrected chi connectivity index (χ1v) is 5.29. The van der Waals surface area contributed by atoms with Crippen LogP contribution in [0.1, 0.15) is 39.1 Å². The SMILES string of the molecule is CC(NC1CC(C)C1C)c1ncn[nH]1. The molecule has 0 bridgehead atoms. The van der Waals surface area contributed by atoms with Crippen molar-refractivity contribution < 1.29 is 0 Å². The lowest BCUT2D eigenvalue weighted by molar-refractivity contribution is 0.127. The van der Waals surface area contributed by atoms with E-state index in [9.17, 15) is 0 Å². The van der Waals surface area contributed by atoms with Gasteiger partial charge in [0.15, 0.2) is 0 Å². The Morgan fingerprint density at radius 2 is 2.36 bits per heavy atom. The van der Waals surface area contributed by atoms with Crippen molar-refractivity contribution in [2.45, 2.75) is 39.3 Å². The summed E-state index contributed by atoms with van der Waals surface area (Å²) in [6.07, 6.45) is 2.83. The summed E-state index contributed by atoms with van der Waals surface area (Å²) in [5, 5.41) is 10.3. The zero-order valence-electron chi connectivity index (χ0n) is 8.99. The molecule has 0 radical (unpaired) electrons. The first-order chi connectivity index (χ1) is 6.68. The summed E-state index contributed by atoms with van der Waals surface area (Å²) in [6, 6.07) is 0.919. The molecule has 4 heteroatoms. The molecule has 1 aliphatic rings. The Bertz CT molecular complexity index is 282. The number of rotatable bonds is 3. The van der Waals surface area contributed by atoms with Crippen molar-refractivity contribution in [2.24, 2.45) is 11.8 Å². The number of nitrogens with one attached hydrogen (secondary N) is 2. The van der Waals surface area contributed by atoms with Crippen LogP contribution in [-0.4, -0.2) is 21.2 Å². The number of hydrogen-bond donors (Lipinski definition) is 2. The number of aromatic amines is 1. The van der Waals surface area contributed by atoms with E-state index >= 15 is 0 Å². The Kier molecular flexibility index (Phi) is 2.54. The highest BCUT2D eigenvalue weighted by atomic mass is 15.2. The van der Waals surface area contributed by atoms with Gasteiger partial charge in [-0.2, -0.15) is 5.10 Å². The maximum Gasteiger partial charge on any atom is 0.141 e. The predicted molar refractivity (Wildman–Crippen MR) is 54.7 cm³/mol. The molecular weight excluding hydrogens is 176 g/mol. The van der Waals surface area contributed by atoms with Gasteiger partial charge in [-0.25, -0.2) is 4.98 Å². The van der Waals surface area contributed by atoms with Gasteiger partial charge < -0.3 is 5.32 Å². The fourth-order valence-corrected chi connectivity index (χ4v) is 2.07. The van der Waals surface area contributed by atoms with Gasteiger partial charge >= 0.3 is 0 Å². The predicted octanol–water partition coefficient (Wildman–Crippen LogP) is 1.50. The summed E-state index contributed by atoms with van der Waals surface area (Å²) < 4.78 is 0. The molecule has 1 aromatic rings. The second kappa shape index (κ2) is 3.69. The van der Waals surface area contributed by atoms with E-state index in [0.29, 0.717) is 6.04 Å². The van der Waals surface area contributed by atoms with Crippen molar-refractivity contribution in [3.63, 3.8) is 0 Å². The van der Waals surface area contributed by atoms with Gasteiger partial charge in [-0.3, -0.25) is 5.10 Å². The molecule has 1 saturated carbocycles. The number of nitrogens with zero attached hydrogens (tertiary/aromatic N) is 2. The molecule has 0 aromatic carbocycles. The molecule has 0 amide bonds. The molecule has 0 spiro atoms. The van der Waals surface area contributed by atoms with Crippen LogP contribution in [0.25, 0.3) is 0 Å².